The smallest absolute Gasteiger partial charge is 0.101 e. The molecule has 0 heterocycles. The van der Waals surface area contributed by atoms with Crippen LogP contribution >= 0.6 is 0 Å². The Morgan fingerprint density at radius 3 is 2.79 bits per heavy atom. The SMILES string of the molecule is CCCN(CC1CC1)c1ccc(CNC)cc1C#N. The maximum atomic E-state index is 9.38. The molecule has 0 aromatic heterocycles. The number of anilines is 1. The van der Waals surface area contributed by atoms with Gasteiger partial charge in [-0.25, -0.2) is 0 Å². The second-order valence-corrected chi connectivity index (χ2v) is 5.38. The molecule has 1 fully saturated rings. The number of rotatable bonds is 7. The standard InChI is InChI=1S/C16H23N3/c1-3-8-19(12-13-4-5-13)16-7-6-14(11-18-2)9-15(16)10-17/h6-7,9,13,18H,3-5,8,11-12H2,1-2H3. The van der Waals surface area contributed by atoms with E-state index in [0.29, 0.717) is 0 Å². The van der Waals surface area contributed by atoms with Crippen LogP contribution in [-0.2, 0) is 6.54 Å². The summed E-state index contributed by atoms with van der Waals surface area (Å²) < 4.78 is 0. The third kappa shape index (κ3) is 3.71. The molecule has 1 aromatic carbocycles. The molecule has 3 nitrogen and oxygen atoms in total. The van der Waals surface area contributed by atoms with E-state index in [1.165, 1.54) is 18.4 Å². The Labute approximate surface area is 116 Å². The molecule has 0 bridgehead atoms. The van der Waals surface area contributed by atoms with Crippen molar-refractivity contribution in [2.24, 2.45) is 5.92 Å². The molecule has 1 aliphatic carbocycles. The number of hydrogen-bond donors (Lipinski definition) is 1. The average Bonchev–Trinajstić information content (AvgIpc) is 3.22. The highest BCUT2D eigenvalue weighted by atomic mass is 15.1. The van der Waals surface area contributed by atoms with Crippen LogP contribution in [0.4, 0.5) is 5.69 Å². The van der Waals surface area contributed by atoms with E-state index < -0.39 is 0 Å². The second kappa shape index (κ2) is 6.58. The lowest BCUT2D eigenvalue weighted by Gasteiger charge is -2.25. The van der Waals surface area contributed by atoms with Crippen LogP contribution in [0.1, 0.15) is 37.3 Å². The normalized spacial score (nSPS) is 14.2. The topological polar surface area (TPSA) is 39.1 Å². The third-order valence-corrected chi connectivity index (χ3v) is 3.57. The van der Waals surface area contributed by atoms with E-state index in [4.69, 9.17) is 0 Å². The van der Waals surface area contributed by atoms with Gasteiger partial charge in [-0.2, -0.15) is 5.26 Å². The minimum Gasteiger partial charge on any atom is -0.370 e. The molecule has 1 aromatic rings. The Bertz CT molecular complexity index is 458. The summed E-state index contributed by atoms with van der Waals surface area (Å²) in [5, 5.41) is 12.5. The first kappa shape index (κ1) is 13.9. The molecule has 1 N–H and O–H groups in total. The largest absolute Gasteiger partial charge is 0.370 e. The monoisotopic (exact) mass is 257 g/mol. The van der Waals surface area contributed by atoms with Gasteiger partial charge >= 0.3 is 0 Å². The van der Waals surface area contributed by atoms with Crippen LogP contribution in [0.3, 0.4) is 0 Å². The van der Waals surface area contributed by atoms with E-state index in [9.17, 15) is 5.26 Å². The summed E-state index contributed by atoms with van der Waals surface area (Å²) in [5.74, 6) is 0.843. The van der Waals surface area contributed by atoms with Crippen LogP contribution in [-0.4, -0.2) is 20.1 Å². The van der Waals surface area contributed by atoms with Gasteiger partial charge in [-0.05, 0) is 49.9 Å². The summed E-state index contributed by atoms with van der Waals surface area (Å²) in [5.41, 5.74) is 3.09. The zero-order chi connectivity index (χ0) is 13.7. The molecule has 19 heavy (non-hydrogen) atoms. The highest BCUT2D eigenvalue weighted by Crippen LogP contribution is 2.32. The van der Waals surface area contributed by atoms with Crippen molar-refractivity contribution in [1.29, 1.82) is 5.26 Å². The number of nitrogens with zero attached hydrogens (tertiary/aromatic N) is 2. The Hall–Kier alpha value is -1.53. The van der Waals surface area contributed by atoms with E-state index in [-0.39, 0.29) is 0 Å². The predicted molar refractivity (Wildman–Crippen MR) is 79.1 cm³/mol. The van der Waals surface area contributed by atoms with E-state index in [1.54, 1.807) is 0 Å². The molecular weight excluding hydrogens is 234 g/mol. The van der Waals surface area contributed by atoms with Gasteiger partial charge in [0.25, 0.3) is 0 Å². The van der Waals surface area contributed by atoms with Crippen LogP contribution in [0.2, 0.25) is 0 Å². The molecule has 3 heteroatoms. The molecule has 0 amide bonds. The summed E-state index contributed by atoms with van der Waals surface area (Å²) in [4.78, 5) is 2.39. The predicted octanol–water partition coefficient (Wildman–Crippen LogP) is 2.90. The van der Waals surface area contributed by atoms with Gasteiger partial charge in [0, 0.05) is 19.6 Å². The van der Waals surface area contributed by atoms with E-state index in [1.807, 2.05) is 13.1 Å². The van der Waals surface area contributed by atoms with Gasteiger partial charge in [0.1, 0.15) is 6.07 Å². The van der Waals surface area contributed by atoms with Crippen molar-refractivity contribution < 1.29 is 0 Å². The van der Waals surface area contributed by atoms with Crippen molar-refractivity contribution in [3.05, 3.63) is 29.3 Å². The maximum absolute atomic E-state index is 9.38. The van der Waals surface area contributed by atoms with Crippen molar-refractivity contribution >= 4 is 5.69 Å². The van der Waals surface area contributed by atoms with Crippen LogP contribution in [0.15, 0.2) is 18.2 Å². The van der Waals surface area contributed by atoms with Gasteiger partial charge in [-0.1, -0.05) is 13.0 Å². The molecule has 1 aliphatic rings. The molecule has 0 spiro atoms. The zero-order valence-corrected chi connectivity index (χ0v) is 11.9. The fourth-order valence-electron chi connectivity index (χ4n) is 2.45. The molecule has 102 valence electrons. The fraction of sp³-hybridized carbons (Fsp3) is 0.562. The highest BCUT2D eigenvalue weighted by molar-refractivity contribution is 5.60. The van der Waals surface area contributed by atoms with Gasteiger partial charge in [0.05, 0.1) is 11.3 Å². The molecule has 2 rings (SSSR count). The van der Waals surface area contributed by atoms with Crippen LogP contribution in [0, 0.1) is 17.2 Å². The lowest BCUT2D eigenvalue weighted by molar-refractivity contribution is 0.707. The number of nitrogens with one attached hydrogen (secondary N) is 1. The highest BCUT2D eigenvalue weighted by Gasteiger charge is 2.25. The van der Waals surface area contributed by atoms with E-state index in [0.717, 1.165) is 43.2 Å². The maximum Gasteiger partial charge on any atom is 0.101 e. The van der Waals surface area contributed by atoms with Gasteiger partial charge in [-0.3, -0.25) is 0 Å². The first-order valence-corrected chi connectivity index (χ1v) is 7.21. The lowest BCUT2D eigenvalue weighted by atomic mass is 10.1. The minimum absolute atomic E-state index is 0.807. The lowest BCUT2D eigenvalue weighted by Crippen LogP contribution is -2.27. The summed E-state index contributed by atoms with van der Waals surface area (Å²) in [6.07, 6.45) is 3.82. The Morgan fingerprint density at radius 2 is 2.21 bits per heavy atom. The van der Waals surface area contributed by atoms with E-state index >= 15 is 0 Å². The molecule has 1 saturated carbocycles. The quantitative estimate of drug-likeness (QED) is 0.816. The molecule has 0 aliphatic heterocycles. The van der Waals surface area contributed by atoms with Crippen molar-refractivity contribution in [1.82, 2.24) is 5.32 Å². The number of benzene rings is 1. The van der Waals surface area contributed by atoms with Crippen molar-refractivity contribution in [3.63, 3.8) is 0 Å². The summed E-state index contributed by atoms with van der Waals surface area (Å²) in [6.45, 7) is 5.15. The van der Waals surface area contributed by atoms with Crippen molar-refractivity contribution in [2.45, 2.75) is 32.7 Å². The first-order valence-electron chi connectivity index (χ1n) is 7.21. The zero-order valence-electron chi connectivity index (χ0n) is 11.9. The molecule has 0 saturated heterocycles. The molecule has 0 unspecified atom stereocenters. The third-order valence-electron chi connectivity index (χ3n) is 3.57. The minimum atomic E-state index is 0.807. The van der Waals surface area contributed by atoms with Crippen LogP contribution < -0.4 is 10.2 Å². The average molecular weight is 257 g/mol. The first-order chi connectivity index (χ1) is 9.28. The molecule has 0 radical (unpaired) electrons. The molecular formula is C16H23N3. The number of hydrogen-bond acceptors (Lipinski definition) is 3. The Morgan fingerprint density at radius 1 is 1.42 bits per heavy atom. The summed E-state index contributed by atoms with van der Waals surface area (Å²) in [7, 11) is 1.93. The van der Waals surface area contributed by atoms with Gasteiger partial charge < -0.3 is 10.2 Å². The van der Waals surface area contributed by atoms with Crippen molar-refractivity contribution in [2.75, 3.05) is 25.0 Å². The Kier molecular flexibility index (Phi) is 4.81. The number of nitriles is 1. The summed E-state index contributed by atoms with van der Waals surface area (Å²) >= 11 is 0. The fourth-order valence-corrected chi connectivity index (χ4v) is 2.45. The summed E-state index contributed by atoms with van der Waals surface area (Å²) in [6, 6.07) is 8.61. The van der Waals surface area contributed by atoms with Crippen LogP contribution in [0.5, 0.6) is 0 Å². The van der Waals surface area contributed by atoms with Crippen LogP contribution in [0.25, 0.3) is 0 Å². The second-order valence-electron chi connectivity index (χ2n) is 5.38. The van der Waals surface area contributed by atoms with E-state index in [2.05, 4.69) is 35.3 Å². The molecule has 0 atom stereocenters. The van der Waals surface area contributed by atoms with Gasteiger partial charge in [0.15, 0.2) is 0 Å². The van der Waals surface area contributed by atoms with Gasteiger partial charge in [-0.15, -0.1) is 0 Å². The van der Waals surface area contributed by atoms with Gasteiger partial charge in [0.2, 0.25) is 0 Å². The van der Waals surface area contributed by atoms with Crippen molar-refractivity contribution in [3.8, 4) is 6.07 Å². The Balaban J connectivity index is 2.21.